The van der Waals surface area contributed by atoms with E-state index in [1.807, 2.05) is 18.2 Å². The summed E-state index contributed by atoms with van der Waals surface area (Å²) in [4.78, 5) is 17.1. The minimum absolute atomic E-state index is 0.206. The largest absolute Gasteiger partial charge is 0.454 e. The molecule has 1 N–H and O–H groups in total. The molecule has 1 aliphatic carbocycles. The maximum atomic E-state index is 12.7. The second-order valence-corrected chi connectivity index (χ2v) is 7.06. The van der Waals surface area contributed by atoms with Crippen LogP contribution in [0.15, 0.2) is 28.9 Å². The number of nitrogens with zero attached hydrogens (tertiary/aromatic N) is 1. The van der Waals surface area contributed by atoms with Gasteiger partial charge in [0.05, 0.1) is 5.54 Å². The highest BCUT2D eigenvalue weighted by molar-refractivity contribution is 5.93. The van der Waals surface area contributed by atoms with Gasteiger partial charge >= 0.3 is 0 Å². The number of hydrogen-bond acceptors (Lipinski definition) is 6. The number of hydrogen-bond donors (Lipinski definition) is 1. The number of benzene rings is 1. The van der Waals surface area contributed by atoms with Crippen LogP contribution in [0.2, 0.25) is 0 Å². The minimum atomic E-state index is -0.351. The van der Waals surface area contributed by atoms with Crippen molar-refractivity contribution in [1.82, 2.24) is 10.3 Å². The first-order valence-corrected chi connectivity index (χ1v) is 8.99. The molecule has 2 aliphatic heterocycles. The number of amides is 1. The van der Waals surface area contributed by atoms with Crippen molar-refractivity contribution in [2.75, 3.05) is 20.0 Å². The van der Waals surface area contributed by atoms with Crippen molar-refractivity contribution in [1.29, 1.82) is 0 Å². The van der Waals surface area contributed by atoms with Gasteiger partial charge in [-0.2, -0.15) is 0 Å². The van der Waals surface area contributed by atoms with Crippen LogP contribution in [0.4, 0.5) is 0 Å². The molecular formula is C19H20N2O5. The van der Waals surface area contributed by atoms with Gasteiger partial charge in [-0.15, -0.1) is 0 Å². The second kappa shape index (κ2) is 6.02. The molecule has 26 heavy (non-hydrogen) atoms. The number of aromatic nitrogens is 1. The van der Waals surface area contributed by atoms with E-state index in [0.29, 0.717) is 24.8 Å². The first kappa shape index (κ1) is 15.7. The molecule has 0 radical (unpaired) electrons. The molecular weight excluding hydrogens is 336 g/mol. The number of rotatable bonds is 4. The van der Waals surface area contributed by atoms with Gasteiger partial charge in [0, 0.05) is 19.1 Å². The molecule has 1 saturated carbocycles. The number of nitrogens with one attached hydrogen (secondary N) is 1. The van der Waals surface area contributed by atoms with Gasteiger partial charge in [-0.05, 0) is 43.4 Å². The molecule has 2 fully saturated rings. The van der Waals surface area contributed by atoms with Gasteiger partial charge in [-0.3, -0.25) is 4.79 Å². The first-order valence-electron chi connectivity index (χ1n) is 8.99. The standard InChI is InChI=1S/C19H20N2O5/c22-17(14-10-24-18(20-14)12-3-7-23-8-4-12)21-19(5-6-19)13-1-2-15-16(9-13)26-11-25-15/h1-2,9-10,12H,3-8,11H2,(H,21,22). The van der Waals surface area contributed by atoms with Gasteiger partial charge in [-0.25, -0.2) is 4.98 Å². The molecule has 3 aliphatic rings. The van der Waals surface area contributed by atoms with Crippen molar-refractivity contribution >= 4 is 5.91 Å². The Hall–Kier alpha value is -2.54. The van der Waals surface area contributed by atoms with E-state index in [9.17, 15) is 4.79 Å². The maximum Gasteiger partial charge on any atom is 0.273 e. The van der Waals surface area contributed by atoms with E-state index in [1.165, 1.54) is 6.26 Å². The number of oxazole rings is 1. The van der Waals surface area contributed by atoms with Gasteiger partial charge < -0.3 is 23.9 Å². The smallest absolute Gasteiger partial charge is 0.273 e. The van der Waals surface area contributed by atoms with Gasteiger partial charge in [0.1, 0.15) is 6.26 Å². The fourth-order valence-corrected chi connectivity index (χ4v) is 3.61. The Morgan fingerprint density at radius 2 is 1.96 bits per heavy atom. The van der Waals surface area contributed by atoms with Crippen molar-refractivity contribution in [3.8, 4) is 11.5 Å². The summed E-state index contributed by atoms with van der Waals surface area (Å²) < 4.78 is 21.7. The Bertz CT molecular complexity index is 836. The molecule has 0 spiro atoms. The molecule has 2 aromatic rings. The van der Waals surface area contributed by atoms with Crippen molar-refractivity contribution in [2.24, 2.45) is 0 Å². The van der Waals surface area contributed by atoms with Crippen LogP contribution in [0.25, 0.3) is 0 Å². The summed E-state index contributed by atoms with van der Waals surface area (Å²) in [5.41, 5.74) is 1.01. The molecule has 0 unspecified atom stereocenters. The molecule has 3 heterocycles. The Labute approximate surface area is 150 Å². The zero-order valence-corrected chi connectivity index (χ0v) is 14.3. The van der Waals surface area contributed by atoms with E-state index < -0.39 is 0 Å². The Balaban J connectivity index is 1.31. The zero-order chi connectivity index (χ0) is 17.6. The molecule has 5 rings (SSSR count). The predicted octanol–water partition coefficient (Wildman–Crippen LogP) is 2.72. The number of carbonyl (C=O) groups excluding carboxylic acids is 1. The summed E-state index contributed by atoms with van der Waals surface area (Å²) in [6.07, 6.45) is 4.99. The maximum absolute atomic E-state index is 12.7. The number of ether oxygens (including phenoxy) is 3. The average Bonchev–Trinajstić information content (AvgIpc) is 3.11. The topological polar surface area (TPSA) is 82.8 Å². The number of fused-ring (bicyclic) bond motifs is 1. The van der Waals surface area contributed by atoms with Crippen LogP contribution >= 0.6 is 0 Å². The molecule has 0 atom stereocenters. The molecule has 1 aromatic carbocycles. The van der Waals surface area contributed by atoms with Crippen LogP contribution in [0.1, 0.15) is 53.5 Å². The van der Waals surface area contributed by atoms with Crippen molar-refractivity contribution in [3.63, 3.8) is 0 Å². The van der Waals surface area contributed by atoms with Crippen LogP contribution in [0, 0.1) is 0 Å². The van der Waals surface area contributed by atoms with E-state index in [4.69, 9.17) is 18.6 Å². The molecule has 1 amide bonds. The van der Waals surface area contributed by atoms with Gasteiger partial charge in [0.15, 0.2) is 23.1 Å². The molecule has 0 bridgehead atoms. The average molecular weight is 356 g/mol. The number of carbonyl (C=O) groups is 1. The predicted molar refractivity (Wildman–Crippen MR) is 90.2 cm³/mol. The SMILES string of the molecule is O=C(NC1(c2ccc3c(c2)OCO3)CC1)c1coc(C2CCOCC2)n1. The second-order valence-electron chi connectivity index (χ2n) is 7.06. The van der Waals surface area contributed by atoms with Gasteiger partial charge in [0.2, 0.25) is 6.79 Å². The lowest BCUT2D eigenvalue weighted by Crippen LogP contribution is -2.35. The highest BCUT2D eigenvalue weighted by Gasteiger charge is 2.46. The van der Waals surface area contributed by atoms with Crippen molar-refractivity contribution < 1.29 is 23.4 Å². The quantitative estimate of drug-likeness (QED) is 0.907. The lowest BCUT2D eigenvalue weighted by molar-refractivity contribution is 0.0794. The molecule has 1 saturated heterocycles. The molecule has 7 heteroatoms. The van der Waals surface area contributed by atoms with Crippen LogP contribution in [-0.2, 0) is 10.3 Å². The van der Waals surface area contributed by atoms with E-state index in [-0.39, 0.29) is 24.2 Å². The Morgan fingerprint density at radius 3 is 2.77 bits per heavy atom. The lowest BCUT2D eigenvalue weighted by atomic mass is 10.0. The van der Waals surface area contributed by atoms with Crippen molar-refractivity contribution in [3.05, 3.63) is 41.6 Å². The minimum Gasteiger partial charge on any atom is -0.454 e. The third-order valence-electron chi connectivity index (χ3n) is 5.35. The van der Waals surface area contributed by atoms with Crippen LogP contribution < -0.4 is 14.8 Å². The van der Waals surface area contributed by atoms with Crippen LogP contribution in [-0.4, -0.2) is 30.9 Å². The molecule has 1 aromatic heterocycles. The summed E-state index contributed by atoms with van der Waals surface area (Å²) >= 11 is 0. The normalized spacial score (nSPS) is 20.8. The molecule has 7 nitrogen and oxygen atoms in total. The lowest BCUT2D eigenvalue weighted by Gasteiger charge is -2.19. The first-order chi connectivity index (χ1) is 12.7. The van der Waals surface area contributed by atoms with E-state index in [1.54, 1.807) is 0 Å². The monoisotopic (exact) mass is 356 g/mol. The summed E-state index contributed by atoms with van der Waals surface area (Å²) in [6.45, 7) is 1.66. The summed E-state index contributed by atoms with van der Waals surface area (Å²) in [7, 11) is 0. The van der Waals surface area contributed by atoms with E-state index in [2.05, 4.69) is 10.3 Å². The Kier molecular flexibility index (Phi) is 3.63. The van der Waals surface area contributed by atoms with Gasteiger partial charge in [-0.1, -0.05) is 6.07 Å². The van der Waals surface area contributed by atoms with Gasteiger partial charge in [0.25, 0.3) is 5.91 Å². The molecule has 136 valence electrons. The Morgan fingerprint density at radius 1 is 1.15 bits per heavy atom. The highest BCUT2D eigenvalue weighted by Crippen LogP contribution is 2.48. The highest BCUT2D eigenvalue weighted by atomic mass is 16.7. The summed E-state index contributed by atoms with van der Waals surface area (Å²) in [5.74, 6) is 2.13. The van der Waals surface area contributed by atoms with E-state index in [0.717, 1.165) is 42.7 Å². The fraction of sp³-hybridized carbons (Fsp3) is 0.474. The summed E-state index contributed by atoms with van der Waals surface area (Å²) in [6, 6.07) is 5.83. The fourth-order valence-electron chi connectivity index (χ4n) is 3.61. The summed E-state index contributed by atoms with van der Waals surface area (Å²) in [5, 5.41) is 3.12. The van der Waals surface area contributed by atoms with Crippen LogP contribution in [0.5, 0.6) is 11.5 Å². The zero-order valence-electron chi connectivity index (χ0n) is 14.3. The third-order valence-corrected chi connectivity index (χ3v) is 5.35. The van der Waals surface area contributed by atoms with Crippen molar-refractivity contribution in [2.45, 2.75) is 37.1 Å². The van der Waals surface area contributed by atoms with Crippen LogP contribution in [0.3, 0.4) is 0 Å². The third kappa shape index (κ3) is 2.72. The van der Waals surface area contributed by atoms with E-state index >= 15 is 0 Å².